The number of benzene rings is 1. The Morgan fingerprint density at radius 1 is 1.40 bits per heavy atom. The van der Waals surface area contributed by atoms with Gasteiger partial charge >= 0.3 is 6.03 Å². The number of nitrogens with one attached hydrogen (secondary N) is 2. The van der Waals surface area contributed by atoms with Crippen LogP contribution in [0.3, 0.4) is 0 Å². The largest absolute Gasteiger partial charge is 0.331 e. The highest BCUT2D eigenvalue weighted by Crippen LogP contribution is 2.35. The maximum Gasteiger partial charge on any atom is 0.318 e. The van der Waals surface area contributed by atoms with Gasteiger partial charge in [0, 0.05) is 23.4 Å². The van der Waals surface area contributed by atoms with Crippen LogP contribution in [0.5, 0.6) is 0 Å². The Morgan fingerprint density at radius 2 is 2.16 bits per heavy atom. The SMILES string of the molecule is Cc1n[nH]c(C)c1[C@H]1CCCN1C(=O)N[C@H](C)c1cccc(F)c1F. The van der Waals surface area contributed by atoms with Crippen molar-refractivity contribution in [3.63, 3.8) is 0 Å². The lowest BCUT2D eigenvalue weighted by Gasteiger charge is -2.27. The minimum atomic E-state index is -0.921. The molecule has 2 aromatic rings. The number of rotatable bonds is 3. The van der Waals surface area contributed by atoms with Crippen LogP contribution in [0.25, 0.3) is 0 Å². The number of hydrogen-bond donors (Lipinski definition) is 2. The number of aromatic nitrogens is 2. The molecule has 134 valence electrons. The molecule has 1 aromatic heterocycles. The van der Waals surface area contributed by atoms with Crippen molar-refractivity contribution in [3.8, 4) is 0 Å². The van der Waals surface area contributed by atoms with E-state index in [0.717, 1.165) is 35.9 Å². The van der Waals surface area contributed by atoms with Crippen LogP contribution >= 0.6 is 0 Å². The second-order valence-corrected chi connectivity index (χ2v) is 6.51. The third kappa shape index (κ3) is 3.23. The molecule has 0 bridgehead atoms. The van der Waals surface area contributed by atoms with Crippen molar-refractivity contribution < 1.29 is 13.6 Å². The number of nitrogens with zero attached hydrogens (tertiary/aromatic N) is 2. The smallest absolute Gasteiger partial charge is 0.318 e. The van der Waals surface area contributed by atoms with Crippen molar-refractivity contribution >= 4 is 6.03 Å². The van der Waals surface area contributed by atoms with Gasteiger partial charge in [-0.2, -0.15) is 5.10 Å². The van der Waals surface area contributed by atoms with E-state index >= 15 is 0 Å². The van der Waals surface area contributed by atoms with Gasteiger partial charge in [-0.25, -0.2) is 13.6 Å². The number of amides is 2. The van der Waals surface area contributed by atoms with Gasteiger partial charge < -0.3 is 10.2 Å². The van der Waals surface area contributed by atoms with Crippen molar-refractivity contribution in [2.45, 2.75) is 45.7 Å². The Morgan fingerprint density at radius 3 is 2.84 bits per heavy atom. The van der Waals surface area contributed by atoms with Crippen LogP contribution in [-0.4, -0.2) is 27.7 Å². The summed E-state index contributed by atoms with van der Waals surface area (Å²) in [4.78, 5) is 14.5. The van der Waals surface area contributed by atoms with Crippen molar-refractivity contribution in [2.75, 3.05) is 6.54 Å². The molecule has 5 nitrogen and oxygen atoms in total. The lowest BCUT2D eigenvalue weighted by atomic mass is 10.0. The molecule has 0 saturated carbocycles. The standard InChI is InChI=1S/C18H22F2N4O/c1-10(13-6-4-7-14(19)17(13)20)21-18(25)24-9-5-8-15(24)16-11(2)22-23-12(16)3/h4,6-7,10,15H,5,8-9H2,1-3H3,(H,21,25)(H,22,23)/t10-,15-/m1/s1. The molecular formula is C18H22F2N4O. The van der Waals surface area contributed by atoms with Crippen LogP contribution in [0.1, 0.15) is 54.4 Å². The van der Waals surface area contributed by atoms with E-state index in [1.54, 1.807) is 11.8 Å². The monoisotopic (exact) mass is 348 g/mol. The quantitative estimate of drug-likeness (QED) is 0.883. The zero-order chi connectivity index (χ0) is 18.1. The lowest BCUT2D eigenvalue weighted by molar-refractivity contribution is 0.189. The van der Waals surface area contributed by atoms with Gasteiger partial charge in [-0.1, -0.05) is 12.1 Å². The molecule has 7 heteroatoms. The zero-order valence-corrected chi connectivity index (χ0v) is 14.6. The molecule has 1 fully saturated rings. The Hall–Kier alpha value is -2.44. The van der Waals surface area contributed by atoms with Crippen molar-refractivity contribution in [2.24, 2.45) is 0 Å². The summed E-state index contributed by atoms with van der Waals surface area (Å²) in [7, 11) is 0. The molecule has 2 atom stereocenters. The molecule has 0 radical (unpaired) electrons. The molecule has 1 aromatic carbocycles. The fourth-order valence-electron chi connectivity index (χ4n) is 3.56. The Balaban J connectivity index is 1.77. The second-order valence-electron chi connectivity index (χ2n) is 6.51. The molecule has 2 N–H and O–H groups in total. The molecule has 2 amide bonds. The minimum absolute atomic E-state index is 0.0525. The van der Waals surface area contributed by atoms with Gasteiger partial charge in [0.15, 0.2) is 11.6 Å². The number of urea groups is 1. The van der Waals surface area contributed by atoms with E-state index in [4.69, 9.17) is 0 Å². The Kier molecular flexibility index (Phi) is 4.74. The van der Waals surface area contributed by atoms with Gasteiger partial charge in [0.25, 0.3) is 0 Å². The average molecular weight is 348 g/mol. The van der Waals surface area contributed by atoms with Crippen LogP contribution in [0, 0.1) is 25.5 Å². The summed E-state index contributed by atoms with van der Waals surface area (Å²) in [5.74, 6) is -1.84. The number of likely N-dealkylation sites (tertiary alicyclic amines) is 1. The van der Waals surface area contributed by atoms with Crippen molar-refractivity contribution in [1.82, 2.24) is 20.4 Å². The van der Waals surface area contributed by atoms with Crippen LogP contribution in [-0.2, 0) is 0 Å². The maximum atomic E-state index is 13.9. The first-order valence-electron chi connectivity index (χ1n) is 8.42. The van der Waals surface area contributed by atoms with Crippen LogP contribution in [0.4, 0.5) is 13.6 Å². The van der Waals surface area contributed by atoms with E-state index in [-0.39, 0.29) is 17.6 Å². The molecule has 0 spiro atoms. The van der Waals surface area contributed by atoms with Crippen LogP contribution in [0.15, 0.2) is 18.2 Å². The van der Waals surface area contributed by atoms with Gasteiger partial charge in [0.1, 0.15) is 0 Å². The number of H-pyrrole nitrogens is 1. The summed E-state index contributed by atoms with van der Waals surface area (Å²) in [5, 5.41) is 9.95. The van der Waals surface area contributed by atoms with Crippen molar-refractivity contribution in [3.05, 3.63) is 52.3 Å². The molecule has 3 rings (SSSR count). The third-order valence-electron chi connectivity index (χ3n) is 4.82. The Labute approximate surface area is 145 Å². The highest BCUT2D eigenvalue weighted by Gasteiger charge is 2.33. The predicted molar refractivity (Wildman–Crippen MR) is 90.0 cm³/mol. The van der Waals surface area contributed by atoms with Gasteiger partial charge in [0.05, 0.1) is 17.8 Å². The molecule has 1 saturated heterocycles. The Bertz CT molecular complexity index is 770. The molecule has 0 aliphatic carbocycles. The van der Waals surface area contributed by atoms with E-state index in [0.29, 0.717) is 6.54 Å². The molecule has 1 aliphatic heterocycles. The highest BCUT2D eigenvalue weighted by atomic mass is 19.2. The number of aryl methyl sites for hydroxylation is 2. The maximum absolute atomic E-state index is 13.9. The first-order chi connectivity index (χ1) is 11.9. The summed E-state index contributed by atoms with van der Waals surface area (Å²) >= 11 is 0. The van der Waals surface area contributed by atoms with Gasteiger partial charge in [0.2, 0.25) is 0 Å². The topological polar surface area (TPSA) is 61.0 Å². The average Bonchev–Trinajstić information content (AvgIpc) is 3.16. The molecule has 1 aliphatic rings. The summed E-state index contributed by atoms with van der Waals surface area (Å²) in [6.07, 6.45) is 1.75. The number of carbonyl (C=O) groups is 1. The van der Waals surface area contributed by atoms with Crippen LogP contribution in [0.2, 0.25) is 0 Å². The van der Waals surface area contributed by atoms with E-state index in [1.807, 2.05) is 13.8 Å². The summed E-state index contributed by atoms with van der Waals surface area (Å²) in [5.41, 5.74) is 3.01. The fourth-order valence-corrected chi connectivity index (χ4v) is 3.56. The van der Waals surface area contributed by atoms with E-state index in [2.05, 4.69) is 15.5 Å². The van der Waals surface area contributed by atoms with E-state index in [9.17, 15) is 13.6 Å². The van der Waals surface area contributed by atoms with Gasteiger partial charge in [-0.15, -0.1) is 0 Å². The number of aromatic amines is 1. The molecule has 0 unspecified atom stereocenters. The zero-order valence-electron chi connectivity index (χ0n) is 14.6. The molecule has 25 heavy (non-hydrogen) atoms. The van der Waals surface area contributed by atoms with Gasteiger partial charge in [-0.3, -0.25) is 5.10 Å². The van der Waals surface area contributed by atoms with Crippen molar-refractivity contribution in [1.29, 1.82) is 0 Å². The number of hydrogen-bond acceptors (Lipinski definition) is 2. The predicted octanol–water partition coefficient (Wildman–Crippen LogP) is 3.91. The summed E-state index contributed by atoms with van der Waals surface area (Å²) in [6.45, 7) is 6.13. The summed E-state index contributed by atoms with van der Waals surface area (Å²) < 4.78 is 27.3. The van der Waals surface area contributed by atoms with E-state index < -0.39 is 17.7 Å². The second kappa shape index (κ2) is 6.82. The number of carbonyl (C=O) groups excluding carboxylic acids is 1. The molecular weight excluding hydrogens is 326 g/mol. The first-order valence-corrected chi connectivity index (χ1v) is 8.42. The van der Waals surface area contributed by atoms with Gasteiger partial charge in [-0.05, 0) is 39.7 Å². The first kappa shape index (κ1) is 17.4. The fraction of sp³-hybridized carbons (Fsp3) is 0.444. The summed E-state index contributed by atoms with van der Waals surface area (Å²) in [6, 6.07) is 3.02. The number of halogens is 2. The minimum Gasteiger partial charge on any atom is -0.331 e. The lowest BCUT2D eigenvalue weighted by Crippen LogP contribution is -2.41. The third-order valence-corrected chi connectivity index (χ3v) is 4.82. The van der Waals surface area contributed by atoms with E-state index in [1.165, 1.54) is 12.1 Å². The highest BCUT2D eigenvalue weighted by molar-refractivity contribution is 5.75. The molecule has 2 heterocycles. The normalized spacial score (nSPS) is 18.4. The van der Waals surface area contributed by atoms with Crippen LogP contribution < -0.4 is 5.32 Å².